The van der Waals surface area contributed by atoms with Crippen molar-refractivity contribution in [1.29, 1.82) is 0 Å². The van der Waals surface area contributed by atoms with Gasteiger partial charge in [-0.05, 0) is 74.6 Å². The molecule has 1 aliphatic heterocycles. The van der Waals surface area contributed by atoms with Crippen LogP contribution in [0.4, 0.5) is 0 Å². The summed E-state index contributed by atoms with van der Waals surface area (Å²) in [5.74, 6) is 0.917. The zero-order valence-corrected chi connectivity index (χ0v) is 10.8. The summed E-state index contributed by atoms with van der Waals surface area (Å²) in [7, 11) is 0. The van der Waals surface area contributed by atoms with E-state index in [1.165, 1.54) is 50.6 Å². The summed E-state index contributed by atoms with van der Waals surface area (Å²) in [5, 5.41) is 3.64. The highest BCUT2D eigenvalue weighted by Gasteiger charge is 2.24. The van der Waals surface area contributed by atoms with E-state index >= 15 is 0 Å². The average Bonchev–Trinajstić information content (AvgIpc) is 2.82. The summed E-state index contributed by atoms with van der Waals surface area (Å²) in [6.07, 6.45) is 8.20. The molecule has 0 amide bonds. The number of nitrogens with one attached hydrogen (secondary N) is 1. The minimum absolute atomic E-state index is 0.811. The van der Waals surface area contributed by atoms with Crippen molar-refractivity contribution < 1.29 is 0 Å². The van der Waals surface area contributed by atoms with Crippen LogP contribution < -0.4 is 5.32 Å². The molecule has 1 fully saturated rings. The van der Waals surface area contributed by atoms with Gasteiger partial charge in [0.15, 0.2) is 0 Å². The zero-order chi connectivity index (χ0) is 11.7. The highest BCUT2D eigenvalue weighted by molar-refractivity contribution is 5.36. The third-order valence-corrected chi connectivity index (χ3v) is 4.60. The Labute approximate surface area is 105 Å². The largest absolute Gasteiger partial charge is 0.314 e. The van der Waals surface area contributed by atoms with Crippen LogP contribution in [0.5, 0.6) is 0 Å². The van der Waals surface area contributed by atoms with Crippen molar-refractivity contribution in [2.45, 2.75) is 51.5 Å². The molecule has 92 valence electrons. The highest BCUT2D eigenvalue weighted by Crippen LogP contribution is 2.31. The fourth-order valence-corrected chi connectivity index (χ4v) is 3.63. The van der Waals surface area contributed by atoms with Gasteiger partial charge in [0.2, 0.25) is 0 Å². The predicted octanol–water partition coefficient (Wildman–Crippen LogP) is 3.24. The Kier molecular flexibility index (Phi) is 3.19. The predicted molar refractivity (Wildman–Crippen MR) is 72.3 cm³/mol. The molecule has 2 aliphatic rings. The first-order chi connectivity index (χ1) is 8.33. The maximum Gasteiger partial charge on any atom is 0.00702 e. The molecule has 1 aromatic rings. The molecule has 0 bridgehead atoms. The highest BCUT2D eigenvalue weighted by atomic mass is 14.9. The fraction of sp³-hybridized carbons (Fsp3) is 0.625. The van der Waals surface area contributed by atoms with Crippen LogP contribution in [0.2, 0.25) is 0 Å². The van der Waals surface area contributed by atoms with E-state index in [0.29, 0.717) is 0 Å². The molecule has 2 atom stereocenters. The summed E-state index contributed by atoms with van der Waals surface area (Å²) < 4.78 is 0. The summed E-state index contributed by atoms with van der Waals surface area (Å²) in [5.41, 5.74) is 4.77. The molecule has 1 aliphatic carbocycles. The van der Waals surface area contributed by atoms with Gasteiger partial charge in [-0.15, -0.1) is 0 Å². The van der Waals surface area contributed by atoms with Gasteiger partial charge in [0.1, 0.15) is 0 Å². The Hall–Kier alpha value is -0.820. The van der Waals surface area contributed by atoms with E-state index < -0.39 is 0 Å². The van der Waals surface area contributed by atoms with Gasteiger partial charge < -0.3 is 5.32 Å². The minimum Gasteiger partial charge on any atom is -0.314 e. The molecular weight excluding hydrogens is 206 g/mol. The molecule has 0 spiro atoms. The third-order valence-electron chi connectivity index (χ3n) is 4.60. The Morgan fingerprint density at radius 3 is 3.06 bits per heavy atom. The van der Waals surface area contributed by atoms with Crippen molar-refractivity contribution in [3.63, 3.8) is 0 Å². The molecule has 1 N–H and O–H groups in total. The van der Waals surface area contributed by atoms with Crippen LogP contribution in [0.25, 0.3) is 0 Å². The van der Waals surface area contributed by atoms with Crippen molar-refractivity contribution >= 4 is 0 Å². The smallest absolute Gasteiger partial charge is 0.00702 e. The van der Waals surface area contributed by atoms with E-state index in [4.69, 9.17) is 0 Å². The van der Waals surface area contributed by atoms with Gasteiger partial charge >= 0.3 is 0 Å². The van der Waals surface area contributed by atoms with Crippen LogP contribution in [-0.4, -0.2) is 12.6 Å². The second kappa shape index (κ2) is 4.81. The van der Waals surface area contributed by atoms with E-state index in [2.05, 4.69) is 30.4 Å². The SMILES string of the molecule is Cc1cccc2c1CCC(CC1CCCN1)C2. The maximum atomic E-state index is 3.64. The topological polar surface area (TPSA) is 12.0 Å². The Morgan fingerprint density at radius 2 is 2.24 bits per heavy atom. The average molecular weight is 229 g/mol. The lowest BCUT2D eigenvalue weighted by Crippen LogP contribution is -2.27. The molecule has 1 saturated heterocycles. The second-order valence-corrected chi connectivity index (χ2v) is 5.85. The molecule has 0 saturated carbocycles. The summed E-state index contributed by atoms with van der Waals surface area (Å²) in [4.78, 5) is 0. The lowest BCUT2D eigenvalue weighted by atomic mass is 9.79. The van der Waals surface area contributed by atoms with E-state index in [-0.39, 0.29) is 0 Å². The number of benzene rings is 1. The molecule has 1 aromatic carbocycles. The van der Waals surface area contributed by atoms with E-state index in [1.54, 1.807) is 11.1 Å². The molecule has 0 aromatic heterocycles. The van der Waals surface area contributed by atoms with Crippen molar-refractivity contribution in [1.82, 2.24) is 5.32 Å². The van der Waals surface area contributed by atoms with Gasteiger partial charge in [-0.25, -0.2) is 0 Å². The monoisotopic (exact) mass is 229 g/mol. The van der Waals surface area contributed by atoms with Crippen LogP contribution in [-0.2, 0) is 12.8 Å². The molecule has 3 rings (SSSR count). The van der Waals surface area contributed by atoms with Gasteiger partial charge in [-0.1, -0.05) is 18.2 Å². The zero-order valence-electron chi connectivity index (χ0n) is 10.8. The molecule has 1 heterocycles. The minimum atomic E-state index is 0.811. The van der Waals surface area contributed by atoms with Crippen molar-refractivity contribution in [3.05, 3.63) is 34.9 Å². The Morgan fingerprint density at radius 1 is 1.29 bits per heavy atom. The standard InChI is InChI=1S/C16H23N/c1-12-4-2-5-14-10-13(7-8-16(12)14)11-15-6-3-9-17-15/h2,4-5,13,15,17H,3,6-11H2,1H3. The van der Waals surface area contributed by atoms with E-state index in [1.807, 2.05) is 0 Å². The molecular formula is C16H23N. The Balaban J connectivity index is 1.68. The van der Waals surface area contributed by atoms with Crippen molar-refractivity contribution in [3.8, 4) is 0 Å². The summed E-state index contributed by atoms with van der Waals surface area (Å²) in [6, 6.07) is 7.64. The number of hydrogen-bond donors (Lipinski definition) is 1. The molecule has 2 unspecified atom stereocenters. The summed E-state index contributed by atoms with van der Waals surface area (Å²) >= 11 is 0. The molecule has 17 heavy (non-hydrogen) atoms. The van der Waals surface area contributed by atoms with Crippen LogP contribution >= 0.6 is 0 Å². The fourth-order valence-electron chi connectivity index (χ4n) is 3.63. The number of fused-ring (bicyclic) bond motifs is 1. The van der Waals surface area contributed by atoms with Gasteiger partial charge in [0.25, 0.3) is 0 Å². The quantitative estimate of drug-likeness (QED) is 0.821. The lowest BCUT2D eigenvalue weighted by molar-refractivity contribution is 0.372. The summed E-state index contributed by atoms with van der Waals surface area (Å²) in [6.45, 7) is 3.50. The lowest BCUT2D eigenvalue weighted by Gasteiger charge is -2.27. The molecule has 1 nitrogen and oxygen atoms in total. The number of aryl methyl sites for hydroxylation is 1. The Bertz CT molecular complexity index is 391. The first-order valence-corrected chi connectivity index (χ1v) is 7.13. The second-order valence-electron chi connectivity index (χ2n) is 5.85. The van der Waals surface area contributed by atoms with Crippen LogP contribution in [0.1, 0.15) is 42.4 Å². The van der Waals surface area contributed by atoms with Gasteiger partial charge in [0.05, 0.1) is 0 Å². The van der Waals surface area contributed by atoms with Crippen LogP contribution in [0.3, 0.4) is 0 Å². The van der Waals surface area contributed by atoms with Crippen molar-refractivity contribution in [2.24, 2.45) is 5.92 Å². The maximum absolute atomic E-state index is 3.64. The first kappa shape index (κ1) is 11.3. The van der Waals surface area contributed by atoms with Gasteiger partial charge in [-0.2, -0.15) is 0 Å². The van der Waals surface area contributed by atoms with Gasteiger partial charge in [0, 0.05) is 6.04 Å². The van der Waals surface area contributed by atoms with Crippen molar-refractivity contribution in [2.75, 3.05) is 6.54 Å². The normalized spacial score (nSPS) is 28.1. The van der Waals surface area contributed by atoms with E-state index in [9.17, 15) is 0 Å². The first-order valence-electron chi connectivity index (χ1n) is 7.13. The molecule has 0 radical (unpaired) electrons. The van der Waals surface area contributed by atoms with Gasteiger partial charge in [-0.3, -0.25) is 0 Å². The van der Waals surface area contributed by atoms with Crippen LogP contribution in [0.15, 0.2) is 18.2 Å². The van der Waals surface area contributed by atoms with Crippen LogP contribution in [0, 0.1) is 12.8 Å². The number of hydrogen-bond acceptors (Lipinski definition) is 1. The number of rotatable bonds is 2. The third kappa shape index (κ3) is 2.40. The molecule has 1 heteroatoms. The van der Waals surface area contributed by atoms with E-state index in [0.717, 1.165) is 12.0 Å².